The molecule has 4 rings (SSSR count). The molecule has 1 unspecified atom stereocenters. The second kappa shape index (κ2) is 8.68. The number of aliphatic carboxylic acids is 1. The van der Waals surface area contributed by atoms with Crippen molar-refractivity contribution in [1.29, 1.82) is 0 Å². The van der Waals surface area contributed by atoms with Crippen LogP contribution in [0.1, 0.15) is 24.0 Å². The third-order valence-corrected chi connectivity index (χ3v) is 6.88. The van der Waals surface area contributed by atoms with Crippen LogP contribution in [-0.4, -0.2) is 38.5 Å². The number of allylic oxidation sites excluding steroid dienone is 2. The summed E-state index contributed by atoms with van der Waals surface area (Å²) in [5, 5.41) is 9.34. The number of amides is 1. The van der Waals surface area contributed by atoms with Gasteiger partial charge in [-0.2, -0.15) is 0 Å². The summed E-state index contributed by atoms with van der Waals surface area (Å²) >= 11 is 1.52. The summed E-state index contributed by atoms with van der Waals surface area (Å²) in [6, 6.07) is 19.4. The van der Waals surface area contributed by atoms with Gasteiger partial charge in [-0.05, 0) is 23.6 Å². The average molecular weight is 443 g/mol. The molecule has 0 saturated carbocycles. The Bertz CT molecular complexity index is 970. The predicted molar refractivity (Wildman–Crippen MR) is 121 cm³/mol. The second-order valence-electron chi connectivity index (χ2n) is 7.20. The van der Waals surface area contributed by atoms with Crippen molar-refractivity contribution < 1.29 is 14.7 Å². The normalized spacial score (nSPS) is 23.2. The molecule has 0 bridgehead atoms. The minimum atomic E-state index is -1.23. The van der Waals surface area contributed by atoms with E-state index in [4.69, 9.17) is 5.73 Å². The standard InChI is InChI=1S/C23H22N2O3S.ClH/c1-2-9-17-14-29-22-23(24,21(28)25(22)19(17)20(26)27)18(15-10-5-3-6-11-15)16-12-7-4-8-13-16;/h2-13,18,22H,14,24H2,1H3,(H,26,27);1H/b9-2-;/t22-,23?;/m0./s1. The lowest BCUT2D eigenvalue weighted by Gasteiger charge is -2.58. The van der Waals surface area contributed by atoms with E-state index in [9.17, 15) is 14.7 Å². The van der Waals surface area contributed by atoms with Gasteiger partial charge in [0.25, 0.3) is 5.91 Å². The van der Waals surface area contributed by atoms with Crippen LogP contribution in [0.4, 0.5) is 0 Å². The van der Waals surface area contributed by atoms with E-state index in [2.05, 4.69) is 0 Å². The highest BCUT2D eigenvalue weighted by Crippen LogP contribution is 2.52. The molecule has 2 heterocycles. The largest absolute Gasteiger partial charge is 0.477 e. The Morgan fingerprint density at radius 2 is 1.70 bits per heavy atom. The summed E-state index contributed by atoms with van der Waals surface area (Å²) in [5.41, 5.74) is 8.17. The van der Waals surface area contributed by atoms with Crippen LogP contribution in [0.2, 0.25) is 0 Å². The number of rotatable bonds is 5. The fraction of sp³-hybridized carbons (Fsp3) is 0.217. The van der Waals surface area contributed by atoms with Crippen molar-refractivity contribution in [1.82, 2.24) is 4.90 Å². The van der Waals surface area contributed by atoms with Crippen LogP contribution < -0.4 is 5.73 Å². The van der Waals surface area contributed by atoms with Crippen LogP contribution in [0.15, 0.2) is 84.1 Å². The maximum atomic E-state index is 13.4. The van der Waals surface area contributed by atoms with Gasteiger partial charge in [0.15, 0.2) is 0 Å². The van der Waals surface area contributed by atoms with Gasteiger partial charge in [0.1, 0.15) is 16.6 Å². The number of β-lactam (4-membered cyclic amide) rings is 1. The van der Waals surface area contributed by atoms with Crippen molar-refractivity contribution in [2.75, 3.05) is 5.75 Å². The number of carbonyl (C=O) groups is 2. The van der Waals surface area contributed by atoms with E-state index in [0.717, 1.165) is 11.1 Å². The lowest BCUT2D eigenvalue weighted by Crippen LogP contribution is -2.80. The molecule has 1 saturated heterocycles. The molecule has 3 N–H and O–H groups in total. The third-order valence-electron chi connectivity index (χ3n) is 5.49. The van der Waals surface area contributed by atoms with Gasteiger partial charge in [-0.15, -0.1) is 24.2 Å². The van der Waals surface area contributed by atoms with Crippen LogP contribution in [0.25, 0.3) is 0 Å². The molecule has 2 aliphatic heterocycles. The van der Waals surface area contributed by atoms with E-state index in [1.165, 1.54) is 16.7 Å². The number of benzene rings is 2. The van der Waals surface area contributed by atoms with Crippen LogP contribution in [0.3, 0.4) is 0 Å². The number of carboxylic acids is 1. The number of halogens is 1. The van der Waals surface area contributed by atoms with E-state index in [-0.39, 0.29) is 29.9 Å². The fourth-order valence-corrected chi connectivity index (χ4v) is 5.69. The Morgan fingerprint density at radius 3 is 2.17 bits per heavy atom. The average Bonchev–Trinajstić information content (AvgIpc) is 2.74. The maximum Gasteiger partial charge on any atom is 0.352 e. The maximum absolute atomic E-state index is 13.4. The van der Waals surface area contributed by atoms with Gasteiger partial charge in [0, 0.05) is 11.7 Å². The van der Waals surface area contributed by atoms with Gasteiger partial charge in [-0.25, -0.2) is 4.79 Å². The summed E-state index contributed by atoms with van der Waals surface area (Å²) in [4.78, 5) is 26.8. The second-order valence-corrected chi connectivity index (χ2v) is 8.27. The number of nitrogens with zero attached hydrogens (tertiary/aromatic N) is 1. The first-order valence-electron chi connectivity index (χ1n) is 9.43. The molecular weight excluding hydrogens is 420 g/mol. The Hall–Kier alpha value is -2.54. The zero-order chi connectivity index (χ0) is 20.6. The van der Waals surface area contributed by atoms with Crippen molar-refractivity contribution in [3.8, 4) is 0 Å². The van der Waals surface area contributed by atoms with E-state index in [1.54, 1.807) is 12.2 Å². The highest BCUT2D eigenvalue weighted by Gasteiger charge is 2.66. The van der Waals surface area contributed by atoms with Crippen LogP contribution >= 0.6 is 24.2 Å². The quantitative estimate of drug-likeness (QED) is 0.688. The number of carboxylic acid groups (broad SMARTS) is 1. The molecule has 156 valence electrons. The van der Waals surface area contributed by atoms with Crippen LogP contribution in [0, 0.1) is 0 Å². The molecule has 5 nitrogen and oxygen atoms in total. The number of hydrogen-bond acceptors (Lipinski definition) is 4. The summed E-state index contributed by atoms with van der Waals surface area (Å²) in [7, 11) is 0. The number of thioether (sulfide) groups is 1. The van der Waals surface area contributed by atoms with E-state index < -0.39 is 16.9 Å². The Kier molecular flexibility index (Phi) is 6.41. The molecule has 1 amide bonds. The molecule has 0 radical (unpaired) electrons. The van der Waals surface area contributed by atoms with Crippen LogP contribution in [-0.2, 0) is 9.59 Å². The SMILES string of the molecule is C/C=C\C1=C(C(=O)O)N2C(=O)C(N)(C(c3ccccc3)c3ccccc3)[C@@H]2SC1.Cl. The first-order valence-corrected chi connectivity index (χ1v) is 10.5. The van der Waals surface area contributed by atoms with Gasteiger partial charge in [0.05, 0.1) is 0 Å². The Labute approximate surface area is 186 Å². The summed E-state index contributed by atoms with van der Waals surface area (Å²) in [6.45, 7) is 1.83. The Balaban J connectivity index is 0.00000256. The van der Waals surface area contributed by atoms with Crippen molar-refractivity contribution in [3.05, 3.63) is 95.2 Å². The zero-order valence-electron chi connectivity index (χ0n) is 16.4. The Morgan fingerprint density at radius 1 is 1.17 bits per heavy atom. The van der Waals surface area contributed by atoms with Gasteiger partial charge < -0.3 is 10.8 Å². The topological polar surface area (TPSA) is 83.6 Å². The molecule has 0 aliphatic carbocycles. The predicted octanol–water partition coefficient (Wildman–Crippen LogP) is 3.77. The molecule has 1 fully saturated rings. The number of fused-ring (bicyclic) bond motifs is 1. The summed E-state index contributed by atoms with van der Waals surface area (Å²) < 4.78 is 0. The van der Waals surface area contributed by atoms with Crippen molar-refractivity contribution in [3.63, 3.8) is 0 Å². The fourth-order valence-electron chi connectivity index (χ4n) is 4.26. The summed E-state index contributed by atoms with van der Waals surface area (Å²) in [5.74, 6) is -1.33. The van der Waals surface area contributed by atoms with E-state index in [1.807, 2.05) is 67.6 Å². The minimum absolute atomic E-state index is 0. The highest BCUT2D eigenvalue weighted by atomic mass is 35.5. The molecule has 2 aliphatic rings. The molecule has 0 aromatic heterocycles. The third kappa shape index (κ3) is 3.35. The van der Waals surface area contributed by atoms with Crippen molar-refractivity contribution in [2.24, 2.45) is 5.73 Å². The number of carbonyl (C=O) groups excluding carboxylic acids is 1. The number of nitrogens with two attached hydrogens (primary N) is 1. The molecule has 2 aromatic rings. The molecular formula is C23H23ClN2O3S. The summed E-state index contributed by atoms with van der Waals surface area (Å²) in [6.07, 6.45) is 3.54. The first-order chi connectivity index (χ1) is 14.0. The van der Waals surface area contributed by atoms with Crippen LogP contribution in [0.5, 0.6) is 0 Å². The first kappa shape index (κ1) is 22.2. The molecule has 7 heteroatoms. The number of hydrogen-bond donors (Lipinski definition) is 2. The molecule has 0 spiro atoms. The monoisotopic (exact) mass is 442 g/mol. The zero-order valence-corrected chi connectivity index (χ0v) is 18.0. The molecule has 30 heavy (non-hydrogen) atoms. The van der Waals surface area contributed by atoms with Crippen molar-refractivity contribution in [2.45, 2.75) is 23.8 Å². The minimum Gasteiger partial charge on any atom is -0.477 e. The lowest BCUT2D eigenvalue weighted by atomic mass is 9.69. The van der Waals surface area contributed by atoms with Gasteiger partial charge in [-0.1, -0.05) is 72.8 Å². The highest BCUT2D eigenvalue weighted by molar-refractivity contribution is 8.00. The molecule has 2 atom stereocenters. The van der Waals surface area contributed by atoms with E-state index in [0.29, 0.717) is 11.3 Å². The van der Waals surface area contributed by atoms with Gasteiger partial charge >= 0.3 is 5.97 Å². The van der Waals surface area contributed by atoms with Gasteiger partial charge in [0.2, 0.25) is 0 Å². The van der Waals surface area contributed by atoms with E-state index >= 15 is 0 Å². The molecule has 2 aromatic carbocycles. The lowest BCUT2D eigenvalue weighted by molar-refractivity contribution is -0.155. The van der Waals surface area contributed by atoms with Gasteiger partial charge in [-0.3, -0.25) is 9.69 Å². The van der Waals surface area contributed by atoms with Crippen molar-refractivity contribution >= 4 is 36.0 Å². The smallest absolute Gasteiger partial charge is 0.352 e.